The summed E-state index contributed by atoms with van der Waals surface area (Å²) in [6.07, 6.45) is 6.08. The van der Waals surface area contributed by atoms with E-state index in [0.29, 0.717) is 0 Å². The number of hydrogen-bond donors (Lipinski definition) is 1. The minimum atomic E-state index is 0.923. The van der Waals surface area contributed by atoms with Gasteiger partial charge >= 0.3 is 0 Å². The number of morpholine rings is 1. The van der Waals surface area contributed by atoms with Crippen LogP contribution in [0.5, 0.6) is 0 Å². The Bertz CT molecular complexity index is 240. The first-order valence-corrected chi connectivity index (χ1v) is 7.42. The molecule has 1 heterocycles. The van der Waals surface area contributed by atoms with Crippen LogP contribution in [0.4, 0.5) is 0 Å². The first-order chi connectivity index (χ1) is 8.42. The third-order valence-corrected chi connectivity index (χ3v) is 5.00. The van der Waals surface area contributed by atoms with Crippen molar-refractivity contribution in [1.29, 1.82) is 0 Å². The molecule has 1 aliphatic heterocycles. The maximum absolute atomic E-state index is 5.36. The van der Waals surface area contributed by atoms with Crippen molar-refractivity contribution < 1.29 is 4.74 Å². The second-order valence-corrected chi connectivity index (χ2v) is 6.09. The van der Waals surface area contributed by atoms with Crippen LogP contribution in [-0.2, 0) is 4.74 Å². The van der Waals surface area contributed by atoms with Gasteiger partial charge in [0.05, 0.1) is 13.2 Å². The van der Waals surface area contributed by atoms with E-state index in [0.717, 1.165) is 50.6 Å². The molecule has 3 nitrogen and oxygen atoms in total. The van der Waals surface area contributed by atoms with E-state index in [-0.39, 0.29) is 0 Å². The van der Waals surface area contributed by atoms with E-state index >= 15 is 0 Å². The van der Waals surface area contributed by atoms with Crippen LogP contribution in [0.1, 0.15) is 25.7 Å². The predicted molar refractivity (Wildman–Crippen MR) is 69.1 cm³/mol. The Hall–Kier alpha value is -0.120. The van der Waals surface area contributed by atoms with Gasteiger partial charge in [0.25, 0.3) is 0 Å². The third kappa shape index (κ3) is 3.01. The predicted octanol–water partition coefficient (Wildman–Crippen LogP) is 1.34. The monoisotopic (exact) mass is 238 g/mol. The van der Waals surface area contributed by atoms with Crippen LogP contribution >= 0.6 is 0 Å². The van der Waals surface area contributed by atoms with Crippen molar-refractivity contribution >= 4 is 0 Å². The minimum Gasteiger partial charge on any atom is -0.379 e. The topological polar surface area (TPSA) is 24.5 Å². The standard InChI is InChI=1S/C14H26N2O/c1-2-13-9-12(1)10-14(13)11-15-3-4-16-5-7-17-8-6-16/h12-15H,1-11H2. The zero-order valence-electron chi connectivity index (χ0n) is 10.9. The Balaban J connectivity index is 1.28. The van der Waals surface area contributed by atoms with Gasteiger partial charge in [0, 0.05) is 26.2 Å². The molecule has 3 rings (SSSR count). The highest BCUT2D eigenvalue weighted by molar-refractivity contribution is 4.90. The van der Waals surface area contributed by atoms with E-state index in [4.69, 9.17) is 4.74 Å². The average molecular weight is 238 g/mol. The summed E-state index contributed by atoms with van der Waals surface area (Å²) in [5.41, 5.74) is 0. The lowest BCUT2D eigenvalue weighted by molar-refractivity contribution is 0.0383. The van der Waals surface area contributed by atoms with E-state index in [1.807, 2.05) is 0 Å². The van der Waals surface area contributed by atoms with Crippen molar-refractivity contribution in [2.24, 2.45) is 17.8 Å². The molecule has 3 heteroatoms. The van der Waals surface area contributed by atoms with Gasteiger partial charge in [-0.25, -0.2) is 0 Å². The van der Waals surface area contributed by atoms with Gasteiger partial charge in [0.2, 0.25) is 0 Å². The Labute approximate surface area is 105 Å². The first kappa shape index (κ1) is 11.9. The van der Waals surface area contributed by atoms with Crippen LogP contribution < -0.4 is 5.32 Å². The number of ether oxygens (including phenoxy) is 1. The molecule has 0 radical (unpaired) electrons. The van der Waals surface area contributed by atoms with Crippen LogP contribution in [0.25, 0.3) is 0 Å². The number of rotatable bonds is 5. The van der Waals surface area contributed by atoms with E-state index in [1.165, 1.54) is 38.8 Å². The van der Waals surface area contributed by atoms with Crippen molar-refractivity contribution in [2.45, 2.75) is 25.7 Å². The van der Waals surface area contributed by atoms with Gasteiger partial charge in [-0.15, -0.1) is 0 Å². The maximum Gasteiger partial charge on any atom is 0.0594 e. The highest BCUT2D eigenvalue weighted by Crippen LogP contribution is 2.47. The summed E-state index contributed by atoms with van der Waals surface area (Å²) >= 11 is 0. The molecule has 3 aliphatic rings. The highest BCUT2D eigenvalue weighted by atomic mass is 16.5. The van der Waals surface area contributed by atoms with Crippen molar-refractivity contribution in [1.82, 2.24) is 10.2 Å². The van der Waals surface area contributed by atoms with Gasteiger partial charge in [-0.05, 0) is 43.6 Å². The van der Waals surface area contributed by atoms with Gasteiger partial charge in [0.1, 0.15) is 0 Å². The molecule has 1 N–H and O–H groups in total. The fourth-order valence-corrected chi connectivity index (χ4v) is 3.98. The second-order valence-electron chi connectivity index (χ2n) is 6.09. The normalized spacial score (nSPS) is 37.8. The third-order valence-electron chi connectivity index (χ3n) is 5.00. The molecule has 3 unspecified atom stereocenters. The lowest BCUT2D eigenvalue weighted by atomic mass is 9.89. The maximum atomic E-state index is 5.36. The molecular formula is C14H26N2O. The molecule has 3 fully saturated rings. The first-order valence-electron chi connectivity index (χ1n) is 7.42. The molecule has 0 aromatic heterocycles. The SMILES string of the molecule is C(CN1CCOCC1)NCC1CC2CCC1C2. The number of fused-ring (bicyclic) bond motifs is 2. The highest BCUT2D eigenvalue weighted by Gasteiger charge is 2.38. The van der Waals surface area contributed by atoms with Gasteiger partial charge < -0.3 is 10.1 Å². The van der Waals surface area contributed by atoms with Crippen LogP contribution in [0.3, 0.4) is 0 Å². The Morgan fingerprint density at radius 1 is 1.12 bits per heavy atom. The summed E-state index contributed by atoms with van der Waals surface area (Å²) in [6, 6.07) is 0. The molecule has 0 aromatic carbocycles. The molecule has 2 saturated carbocycles. The summed E-state index contributed by atoms with van der Waals surface area (Å²) in [5, 5.41) is 3.68. The van der Waals surface area contributed by atoms with Gasteiger partial charge in [-0.1, -0.05) is 6.42 Å². The van der Waals surface area contributed by atoms with Gasteiger partial charge in [-0.3, -0.25) is 4.90 Å². The molecule has 3 atom stereocenters. The largest absolute Gasteiger partial charge is 0.379 e. The van der Waals surface area contributed by atoms with E-state index in [1.54, 1.807) is 0 Å². The summed E-state index contributed by atoms with van der Waals surface area (Å²) in [4.78, 5) is 2.51. The summed E-state index contributed by atoms with van der Waals surface area (Å²) in [5.74, 6) is 3.15. The quantitative estimate of drug-likeness (QED) is 0.732. The molecular weight excluding hydrogens is 212 g/mol. The van der Waals surface area contributed by atoms with Crippen LogP contribution in [-0.4, -0.2) is 50.8 Å². The Kier molecular flexibility index (Phi) is 3.99. The smallest absolute Gasteiger partial charge is 0.0594 e. The molecule has 98 valence electrons. The molecule has 0 aromatic rings. The number of nitrogens with zero attached hydrogens (tertiary/aromatic N) is 1. The molecule has 0 spiro atoms. The fraction of sp³-hybridized carbons (Fsp3) is 1.00. The molecule has 0 amide bonds. The van der Waals surface area contributed by atoms with Crippen LogP contribution in [0.15, 0.2) is 0 Å². The second kappa shape index (κ2) is 5.68. The zero-order chi connectivity index (χ0) is 11.5. The Morgan fingerprint density at radius 2 is 2.00 bits per heavy atom. The van der Waals surface area contributed by atoms with Crippen molar-refractivity contribution in [3.63, 3.8) is 0 Å². The van der Waals surface area contributed by atoms with Crippen LogP contribution in [0, 0.1) is 17.8 Å². The van der Waals surface area contributed by atoms with Crippen molar-refractivity contribution in [2.75, 3.05) is 45.9 Å². The fourth-order valence-electron chi connectivity index (χ4n) is 3.98. The van der Waals surface area contributed by atoms with Gasteiger partial charge in [-0.2, -0.15) is 0 Å². The average Bonchev–Trinajstić information content (AvgIpc) is 2.98. The molecule has 2 aliphatic carbocycles. The van der Waals surface area contributed by atoms with Crippen molar-refractivity contribution in [3.8, 4) is 0 Å². The Morgan fingerprint density at radius 3 is 2.71 bits per heavy atom. The lowest BCUT2D eigenvalue weighted by Gasteiger charge is -2.27. The van der Waals surface area contributed by atoms with Crippen molar-refractivity contribution in [3.05, 3.63) is 0 Å². The molecule has 17 heavy (non-hydrogen) atoms. The zero-order valence-corrected chi connectivity index (χ0v) is 10.9. The number of nitrogens with one attached hydrogen (secondary N) is 1. The summed E-state index contributed by atoms with van der Waals surface area (Å²) in [7, 11) is 0. The summed E-state index contributed by atoms with van der Waals surface area (Å²) in [6.45, 7) is 7.72. The summed E-state index contributed by atoms with van der Waals surface area (Å²) < 4.78 is 5.36. The van der Waals surface area contributed by atoms with E-state index in [9.17, 15) is 0 Å². The van der Waals surface area contributed by atoms with Gasteiger partial charge in [0.15, 0.2) is 0 Å². The minimum absolute atomic E-state index is 0.923. The molecule has 2 bridgehead atoms. The lowest BCUT2D eigenvalue weighted by Crippen LogP contribution is -2.41. The molecule has 1 saturated heterocycles. The van der Waals surface area contributed by atoms with Crippen LogP contribution in [0.2, 0.25) is 0 Å². The number of hydrogen-bond acceptors (Lipinski definition) is 3. The van der Waals surface area contributed by atoms with E-state index in [2.05, 4.69) is 10.2 Å². The van der Waals surface area contributed by atoms with E-state index < -0.39 is 0 Å².